The summed E-state index contributed by atoms with van der Waals surface area (Å²) in [6.45, 7) is 11.7. The molecule has 1 heterocycles. The summed E-state index contributed by atoms with van der Waals surface area (Å²) in [4.78, 5) is 0. The highest BCUT2D eigenvalue weighted by molar-refractivity contribution is 4.92. The molecule has 1 rings (SSSR count). The molecule has 0 aliphatic heterocycles. The van der Waals surface area contributed by atoms with Crippen LogP contribution >= 0.6 is 0 Å². The van der Waals surface area contributed by atoms with Crippen LogP contribution in [0.3, 0.4) is 0 Å². The number of hydrogen-bond acceptors (Lipinski definition) is 4. The monoisotopic (exact) mass is 268 g/mol. The van der Waals surface area contributed by atoms with Crippen LogP contribution in [0.1, 0.15) is 52.7 Å². The maximum absolute atomic E-state index is 5.56. The lowest BCUT2D eigenvalue weighted by Gasteiger charge is -2.19. The highest BCUT2D eigenvalue weighted by atomic mass is 16.5. The van der Waals surface area contributed by atoms with Gasteiger partial charge in [0.15, 0.2) is 0 Å². The van der Waals surface area contributed by atoms with Crippen molar-refractivity contribution in [2.45, 2.75) is 65.6 Å². The largest absolute Gasteiger partial charge is 0.380 e. The van der Waals surface area contributed by atoms with Crippen molar-refractivity contribution < 1.29 is 4.74 Å². The van der Waals surface area contributed by atoms with Gasteiger partial charge >= 0.3 is 0 Å². The zero-order valence-corrected chi connectivity index (χ0v) is 12.8. The molecule has 0 radical (unpaired) electrons. The minimum absolute atomic E-state index is 0.103. The normalized spacial score (nSPS) is 12.0. The first-order chi connectivity index (χ1) is 9.01. The van der Waals surface area contributed by atoms with Gasteiger partial charge in [-0.15, -0.1) is 5.10 Å². The number of nitrogens with one attached hydrogen (secondary N) is 1. The lowest BCUT2D eigenvalue weighted by atomic mass is 10.1. The Bertz CT molecular complexity index is 343. The van der Waals surface area contributed by atoms with E-state index in [2.05, 4.69) is 43.3 Å². The highest BCUT2D eigenvalue weighted by Crippen LogP contribution is 2.01. The van der Waals surface area contributed by atoms with E-state index >= 15 is 0 Å². The lowest BCUT2D eigenvalue weighted by Crippen LogP contribution is -2.35. The second kappa shape index (κ2) is 8.27. The topological polar surface area (TPSA) is 52.0 Å². The summed E-state index contributed by atoms with van der Waals surface area (Å²) in [5.41, 5.74) is 1.08. The fourth-order valence-corrected chi connectivity index (χ4v) is 1.60. The Morgan fingerprint density at radius 2 is 2.05 bits per heavy atom. The molecule has 0 saturated heterocycles. The van der Waals surface area contributed by atoms with Crippen LogP contribution < -0.4 is 5.32 Å². The molecule has 19 heavy (non-hydrogen) atoms. The maximum Gasteiger partial charge on any atom is 0.0965 e. The third kappa shape index (κ3) is 7.95. The molecule has 5 heteroatoms. The van der Waals surface area contributed by atoms with Crippen LogP contribution in [0.4, 0.5) is 0 Å². The van der Waals surface area contributed by atoms with E-state index in [1.54, 1.807) is 0 Å². The van der Waals surface area contributed by atoms with E-state index in [1.807, 2.05) is 10.9 Å². The quantitative estimate of drug-likeness (QED) is 0.699. The number of hydrogen-bond donors (Lipinski definition) is 1. The van der Waals surface area contributed by atoms with E-state index in [0.717, 1.165) is 31.8 Å². The van der Waals surface area contributed by atoms with E-state index < -0.39 is 0 Å². The molecule has 0 saturated carbocycles. The first kappa shape index (κ1) is 16.1. The Morgan fingerprint density at radius 3 is 2.74 bits per heavy atom. The van der Waals surface area contributed by atoms with E-state index in [-0.39, 0.29) is 5.54 Å². The molecule has 0 aromatic carbocycles. The number of unbranched alkanes of at least 4 members (excludes halogenated alkanes) is 2. The van der Waals surface area contributed by atoms with Crippen LogP contribution in [0.2, 0.25) is 0 Å². The molecule has 5 nitrogen and oxygen atoms in total. The summed E-state index contributed by atoms with van der Waals surface area (Å²) in [6.07, 6.45) is 5.60. The van der Waals surface area contributed by atoms with E-state index in [1.165, 1.54) is 12.8 Å². The summed E-state index contributed by atoms with van der Waals surface area (Å²) in [7, 11) is 0. The van der Waals surface area contributed by atoms with Crippen molar-refractivity contribution in [3.8, 4) is 0 Å². The Hall–Kier alpha value is -0.940. The second-order valence-corrected chi connectivity index (χ2v) is 5.90. The van der Waals surface area contributed by atoms with Crippen LogP contribution in [0, 0.1) is 0 Å². The summed E-state index contributed by atoms with van der Waals surface area (Å²) in [5.74, 6) is 0. The van der Waals surface area contributed by atoms with Gasteiger partial charge in [-0.3, -0.25) is 0 Å². The maximum atomic E-state index is 5.56. The van der Waals surface area contributed by atoms with Gasteiger partial charge in [0.05, 0.1) is 18.8 Å². The third-order valence-corrected chi connectivity index (χ3v) is 2.74. The molecule has 110 valence electrons. The average molecular weight is 268 g/mol. The van der Waals surface area contributed by atoms with E-state index in [9.17, 15) is 0 Å². The molecule has 0 fully saturated rings. The van der Waals surface area contributed by atoms with Crippen molar-refractivity contribution in [2.75, 3.05) is 13.2 Å². The number of aromatic nitrogens is 3. The first-order valence-electron chi connectivity index (χ1n) is 7.23. The molecule has 1 N–H and O–H groups in total. The molecule has 0 amide bonds. The molecule has 0 atom stereocenters. The van der Waals surface area contributed by atoms with Gasteiger partial charge in [-0.1, -0.05) is 25.0 Å². The molecule has 0 unspecified atom stereocenters. The van der Waals surface area contributed by atoms with Crippen LogP contribution in [-0.2, 0) is 17.8 Å². The zero-order chi connectivity index (χ0) is 14.1. The summed E-state index contributed by atoms with van der Waals surface area (Å²) < 4.78 is 7.41. The summed E-state index contributed by atoms with van der Waals surface area (Å²) in [6, 6.07) is 0. The van der Waals surface area contributed by atoms with Crippen molar-refractivity contribution in [2.24, 2.45) is 0 Å². The van der Waals surface area contributed by atoms with Gasteiger partial charge in [0, 0.05) is 24.9 Å². The van der Waals surface area contributed by atoms with Gasteiger partial charge in [0.2, 0.25) is 0 Å². The standard InChI is InChI=1S/C14H28N4O/c1-5-6-7-9-19-10-8-18-12-13(16-17-18)11-15-14(2,3)4/h12,15H,5-11H2,1-4H3. The zero-order valence-electron chi connectivity index (χ0n) is 12.8. The smallest absolute Gasteiger partial charge is 0.0965 e. The second-order valence-electron chi connectivity index (χ2n) is 5.90. The Morgan fingerprint density at radius 1 is 1.26 bits per heavy atom. The predicted molar refractivity (Wildman–Crippen MR) is 77.0 cm³/mol. The van der Waals surface area contributed by atoms with Crippen LogP contribution in [0.15, 0.2) is 6.20 Å². The number of rotatable bonds is 9. The van der Waals surface area contributed by atoms with E-state index in [4.69, 9.17) is 4.74 Å². The lowest BCUT2D eigenvalue weighted by molar-refractivity contribution is 0.119. The van der Waals surface area contributed by atoms with Crippen molar-refractivity contribution >= 4 is 0 Å². The fraction of sp³-hybridized carbons (Fsp3) is 0.857. The Kier molecular flexibility index (Phi) is 7.02. The van der Waals surface area contributed by atoms with Crippen LogP contribution in [0.5, 0.6) is 0 Å². The van der Waals surface area contributed by atoms with Crippen molar-refractivity contribution in [3.05, 3.63) is 11.9 Å². The SMILES string of the molecule is CCCCCOCCn1cc(CNC(C)(C)C)nn1. The van der Waals surface area contributed by atoms with Crippen LogP contribution in [0.25, 0.3) is 0 Å². The molecule has 0 bridgehead atoms. The molecule has 1 aromatic heterocycles. The Balaban J connectivity index is 2.16. The minimum atomic E-state index is 0.103. The Labute approximate surface area is 116 Å². The van der Waals surface area contributed by atoms with Crippen molar-refractivity contribution in [1.29, 1.82) is 0 Å². The van der Waals surface area contributed by atoms with Crippen LogP contribution in [-0.4, -0.2) is 33.7 Å². The van der Waals surface area contributed by atoms with Crippen molar-refractivity contribution in [3.63, 3.8) is 0 Å². The fourth-order valence-electron chi connectivity index (χ4n) is 1.60. The molecule has 0 spiro atoms. The predicted octanol–water partition coefficient (Wildman–Crippen LogP) is 2.37. The van der Waals surface area contributed by atoms with Gasteiger partial charge in [-0.25, -0.2) is 4.68 Å². The highest BCUT2D eigenvalue weighted by Gasteiger charge is 2.09. The average Bonchev–Trinajstić information content (AvgIpc) is 2.78. The molecule has 0 aliphatic carbocycles. The summed E-state index contributed by atoms with van der Waals surface area (Å²) >= 11 is 0. The number of nitrogens with zero attached hydrogens (tertiary/aromatic N) is 3. The van der Waals surface area contributed by atoms with E-state index in [0.29, 0.717) is 6.61 Å². The minimum Gasteiger partial charge on any atom is -0.380 e. The van der Waals surface area contributed by atoms with Gasteiger partial charge in [0.1, 0.15) is 0 Å². The first-order valence-corrected chi connectivity index (χ1v) is 7.23. The molecule has 1 aromatic rings. The molecule has 0 aliphatic rings. The van der Waals surface area contributed by atoms with Gasteiger partial charge in [-0.05, 0) is 27.2 Å². The van der Waals surface area contributed by atoms with Crippen molar-refractivity contribution in [1.82, 2.24) is 20.3 Å². The summed E-state index contributed by atoms with van der Waals surface area (Å²) in [5, 5.41) is 11.6. The van der Waals surface area contributed by atoms with Gasteiger partial charge < -0.3 is 10.1 Å². The molecular formula is C14H28N4O. The molecular weight excluding hydrogens is 240 g/mol. The van der Waals surface area contributed by atoms with Gasteiger partial charge in [-0.2, -0.15) is 0 Å². The van der Waals surface area contributed by atoms with Gasteiger partial charge in [0.25, 0.3) is 0 Å². The third-order valence-electron chi connectivity index (χ3n) is 2.74. The number of ether oxygens (including phenoxy) is 1.